The number of likely N-dealkylation sites (N-methyl/N-ethyl adjacent to an activating group) is 1. The molecule has 1 heterocycles. The smallest absolute Gasteiger partial charge is 0.310 e. The van der Waals surface area contributed by atoms with Gasteiger partial charge in [-0.2, -0.15) is 0 Å². The fraction of sp³-hybridized carbons (Fsp3) is 0.500. The Balaban J connectivity index is 2.10. The lowest BCUT2D eigenvalue weighted by molar-refractivity contribution is -0.143. The molecule has 4 nitrogen and oxygen atoms in total. The van der Waals surface area contributed by atoms with Crippen LogP contribution in [0.5, 0.6) is 0 Å². The van der Waals surface area contributed by atoms with Gasteiger partial charge in [0.25, 0.3) is 0 Å². The van der Waals surface area contributed by atoms with Gasteiger partial charge in [0, 0.05) is 18.2 Å². The van der Waals surface area contributed by atoms with Crippen molar-refractivity contribution in [1.29, 1.82) is 0 Å². The van der Waals surface area contributed by atoms with Crippen molar-refractivity contribution in [3.8, 4) is 0 Å². The van der Waals surface area contributed by atoms with Crippen LogP contribution in [-0.4, -0.2) is 42.3 Å². The molecule has 1 N–H and O–H groups in total. The zero-order chi connectivity index (χ0) is 14.0. The summed E-state index contributed by atoms with van der Waals surface area (Å²) in [6.45, 7) is 2.88. The Bertz CT molecular complexity index is 478. The van der Waals surface area contributed by atoms with Crippen LogP contribution >= 0.6 is 0 Å². The Morgan fingerprint density at radius 3 is 2.95 bits per heavy atom. The highest BCUT2D eigenvalue weighted by atomic mass is 19.1. The molecule has 19 heavy (non-hydrogen) atoms. The van der Waals surface area contributed by atoms with Crippen LogP contribution in [-0.2, 0) is 16.1 Å². The average molecular weight is 267 g/mol. The number of hydrogen-bond acceptors (Lipinski definition) is 3. The number of halogens is 1. The number of carbonyl (C=O) groups is 1. The van der Waals surface area contributed by atoms with E-state index in [9.17, 15) is 9.18 Å². The highest BCUT2D eigenvalue weighted by Crippen LogP contribution is 2.21. The molecule has 1 aromatic rings. The third-order valence-electron chi connectivity index (χ3n) is 3.55. The molecule has 2 rings (SSSR count). The van der Waals surface area contributed by atoms with Crippen LogP contribution in [0.3, 0.4) is 0 Å². The number of benzene rings is 1. The predicted octanol–water partition coefficient (Wildman–Crippen LogP) is 1.67. The van der Waals surface area contributed by atoms with E-state index >= 15 is 0 Å². The molecule has 0 amide bonds. The van der Waals surface area contributed by atoms with Crippen molar-refractivity contribution in [3.63, 3.8) is 0 Å². The van der Waals surface area contributed by atoms with Gasteiger partial charge in [0.2, 0.25) is 0 Å². The Morgan fingerprint density at radius 1 is 1.53 bits per heavy atom. The molecule has 0 saturated carbocycles. The van der Waals surface area contributed by atoms with E-state index in [4.69, 9.17) is 9.84 Å². The molecule has 2 atom stereocenters. The molecule has 0 radical (unpaired) electrons. The summed E-state index contributed by atoms with van der Waals surface area (Å²) in [6, 6.07) is 4.74. The first kappa shape index (κ1) is 14.0. The van der Waals surface area contributed by atoms with Crippen LogP contribution in [0.4, 0.5) is 4.39 Å². The van der Waals surface area contributed by atoms with Gasteiger partial charge in [-0.3, -0.25) is 9.69 Å². The second kappa shape index (κ2) is 5.67. The predicted molar refractivity (Wildman–Crippen MR) is 68.3 cm³/mol. The van der Waals surface area contributed by atoms with Crippen LogP contribution in [0.15, 0.2) is 18.2 Å². The molecule has 2 unspecified atom stereocenters. The van der Waals surface area contributed by atoms with Gasteiger partial charge >= 0.3 is 5.97 Å². The number of ether oxygens (including phenoxy) is 1. The Kier molecular flexibility index (Phi) is 4.17. The fourth-order valence-electron chi connectivity index (χ4n) is 2.42. The minimum absolute atomic E-state index is 0.211. The van der Waals surface area contributed by atoms with Crippen LogP contribution in [0.25, 0.3) is 0 Å². The summed E-state index contributed by atoms with van der Waals surface area (Å²) in [5, 5.41) is 9.12. The van der Waals surface area contributed by atoms with Gasteiger partial charge in [-0.1, -0.05) is 17.7 Å². The summed E-state index contributed by atoms with van der Waals surface area (Å²) in [7, 11) is 1.80. The third-order valence-corrected chi connectivity index (χ3v) is 3.55. The van der Waals surface area contributed by atoms with Crippen molar-refractivity contribution in [2.75, 3.05) is 20.3 Å². The van der Waals surface area contributed by atoms with E-state index in [0.717, 1.165) is 5.56 Å². The molecule has 1 fully saturated rings. The fourth-order valence-corrected chi connectivity index (χ4v) is 2.42. The van der Waals surface area contributed by atoms with Crippen molar-refractivity contribution in [2.24, 2.45) is 5.92 Å². The van der Waals surface area contributed by atoms with Crippen LogP contribution in [0.2, 0.25) is 0 Å². The van der Waals surface area contributed by atoms with Gasteiger partial charge < -0.3 is 9.84 Å². The summed E-state index contributed by atoms with van der Waals surface area (Å²) in [4.78, 5) is 13.0. The van der Waals surface area contributed by atoms with Crippen LogP contribution < -0.4 is 0 Å². The average Bonchev–Trinajstić information content (AvgIpc) is 2.83. The molecule has 1 aromatic carbocycles. The number of carboxylic acid groups (broad SMARTS) is 1. The lowest BCUT2D eigenvalue weighted by Gasteiger charge is -2.26. The molecule has 1 saturated heterocycles. The molecule has 0 aliphatic carbocycles. The van der Waals surface area contributed by atoms with Gasteiger partial charge in [-0.15, -0.1) is 0 Å². The number of hydrogen-bond donors (Lipinski definition) is 1. The van der Waals surface area contributed by atoms with Gasteiger partial charge in [0.15, 0.2) is 0 Å². The first-order chi connectivity index (χ1) is 8.99. The summed E-state index contributed by atoms with van der Waals surface area (Å²) in [6.07, 6.45) is 0. The normalized spacial score (nSPS) is 22.9. The maximum Gasteiger partial charge on any atom is 0.310 e. The Labute approximate surface area is 111 Å². The summed E-state index contributed by atoms with van der Waals surface area (Å²) in [5.74, 6) is -1.67. The quantitative estimate of drug-likeness (QED) is 0.901. The molecule has 1 aliphatic rings. The van der Waals surface area contributed by atoms with E-state index in [-0.39, 0.29) is 18.5 Å². The first-order valence-electron chi connectivity index (χ1n) is 6.25. The standard InChI is InChI=1S/C14H18FNO3/c1-9-3-4-12(15)10(5-9)6-16(2)13-8-19-7-11(13)14(17)18/h3-5,11,13H,6-8H2,1-2H3,(H,17,18). The Hall–Kier alpha value is -1.46. The molecule has 0 bridgehead atoms. The maximum atomic E-state index is 13.7. The van der Waals surface area contributed by atoms with Gasteiger partial charge in [0.1, 0.15) is 5.82 Å². The van der Waals surface area contributed by atoms with Crippen molar-refractivity contribution < 1.29 is 19.0 Å². The van der Waals surface area contributed by atoms with Crippen molar-refractivity contribution >= 4 is 5.97 Å². The molecular weight excluding hydrogens is 249 g/mol. The molecule has 104 valence electrons. The first-order valence-corrected chi connectivity index (χ1v) is 6.25. The molecule has 5 heteroatoms. The van der Waals surface area contributed by atoms with E-state index < -0.39 is 11.9 Å². The van der Waals surface area contributed by atoms with Gasteiger partial charge in [-0.25, -0.2) is 4.39 Å². The second-order valence-corrected chi connectivity index (χ2v) is 5.06. The molecule has 0 spiro atoms. The number of rotatable bonds is 4. The molecule has 0 aromatic heterocycles. The zero-order valence-corrected chi connectivity index (χ0v) is 11.1. The minimum Gasteiger partial charge on any atom is -0.481 e. The number of aliphatic carboxylic acids is 1. The van der Waals surface area contributed by atoms with E-state index in [1.54, 1.807) is 19.2 Å². The van der Waals surface area contributed by atoms with Crippen LogP contribution in [0, 0.1) is 18.7 Å². The number of carboxylic acids is 1. The second-order valence-electron chi connectivity index (χ2n) is 5.06. The largest absolute Gasteiger partial charge is 0.481 e. The monoisotopic (exact) mass is 267 g/mol. The van der Waals surface area contributed by atoms with E-state index in [1.165, 1.54) is 6.07 Å². The summed E-state index contributed by atoms with van der Waals surface area (Å²) < 4.78 is 18.9. The zero-order valence-electron chi connectivity index (χ0n) is 11.1. The van der Waals surface area contributed by atoms with Crippen molar-refractivity contribution in [2.45, 2.75) is 19.5 Å². The van der Waals surface area contributed by atoms with E-state index in [2.05, 4.69) is 0 Å². The highest BCUT2D eigenvalue weighted by molar-refractivity contribution is 5.71. The topological polar surface area (TPSA) is 49.8 Å². The number of nitrogens with zero attached hydrogens (tertiary/aromatic N) is 1. The SMILES string of the molecule is Cc1ccc(F)c(CN(C)C2COCC2C(=O)O)c1. The van der Waals surface area contributed by atoms with E-state index in [1.807, 2.05) is 11.8 Å². The van der Waals surface area contributed by atoms with Gasteiger partial charge in [0.05, 0.1) is 19.1 Å². The summed E-state index contributed by atoms with van der Waals surface area (Å²) >= 11 is 0. The molecular formula is C14H18FNO3. The third kappa shape index (κ3) is 3.11. The lowest BCUT2D eigenvalue weighted by atomic mass is 10.0. The Morgan fingerprint density at radius 2 is 2.26 bits per heavy atom. The van der Waals surface area contributed by atoms with Gasteiger partial charge in [-0.05, 0) is 20.0 Å². The van der Waals surface area contributed by atoms with E-state index in [0.29, 0.717) is 18.7 Å². The minimum atomic E-state index is -0.862. The van der Waals surface area contributed by atoms with Crippen molar-refractivity contribution in [1.82, 2.24) is 4.90 Å². The highest BCUT2D eigenvalue weighted by Gasteiger charge is 2.36. The molecule has 1 aliphatic heterocycles. The maximum absolute atomic E-state index is 13.7. The number of aryl methyl sites for hydroxylation is 1. The van der Waals surface area contributed by atoms with Crippen LogP contribution in [0.1, 0.15) is 11.1 Å². The lowest BCUT2D eigenvalue weighted by Crippen LogP contribution is -2.40. The summed E-state index contributed by atoms with van der Waals surface area (Å²) in [5.41, 5.74) is 1.57. The van der Waals surface area contributed by atoms with Crippen molar-refractivity contribution in [3.05, 3.63) is 35.1 Å².